The summed E-state index contributed by atoms with van der Waals surface area (Å²) < 4.78 is 0. The summed E-state index contributed by atoms with van der Waals surface area (Å²) in [7, 11) is 0. The van der Waals surface area contributed by atoms with Gasteiger partial charge in [-0.15, -0.1) is 0 Å². The number of rotatable bonds is 4. The second kappa shape index (κ2) is 10.7. The van der Waals surface area contributed by atoms with E-state index in [-0.39, 0.29) is 13.1 Å². The maximum Gasteiger partial charge on any atom is 0.317 e. The third kappa shape index (κ3) is 8.13. The van der Waals surface area contributed by atoms with Gasteiger partial charge in [-0.1, -0.05) is 0 Å². The van der Waals surface area contributed by atoms with Crippen LogP contribution < -0.4 is 0 Å². The Labute approximate surface area is 150 Å². The highest BCUT2D eigenvalue weighted by Gasteiger charge is 2.18. The first kappa shape index (κ1) is 20.1. The van der Waals surface area contributed by atoms with Gasteiger partial charge in [-0.25, -0.2) is 0 Å². The molecule has 8 nitrogen and oxygen atoms in total. The fraction of sp³-hybridized carbons (Fsp3) is 0.882. The van der Waals surface area contributed by atoms with Gasteiger partial charge in [0, 0.05) is 39.3 Å². The molecule has 25 heavy (non-hydrogen) atoms. The van der Waals surface area contributed by atoms with Gasteiger partial charge < -0.3 is 20.0 Å². The molecule has 2 rings (SSSR count). The molecule has 2 fully saturated rings. The van der Waals surface area contributed by atoms with E-state index in [0.717, 1.165) is 84.7 Å². The van der Waals surface area contributed by atoms with E-state index in [1.807, 2.05) is 9.80 Å². The van der Waals surface area contributed by atoms with Gasteiger partial charge in [0.25, 0.3) is 0 Å². The number of nitrogens with zero attached hydrogens (tertiary/aromatic N) is 4. The van der Waals surface area contributed by atoms with Crippen LogP contribution in [-0.4, -0.2) is 120 Å². The minimum Gasteiger partial charge on any atom is -0.480 e. The second-order valence-electron chi connectivity index (χ2n) is 7.08. The van der Waals surface area contributed by atoms with Crippen molar-refractivity contribution in [3.05, 3.63) is 0 Å². The van der Waals surface area contributed by atoms with Gasteiger partial charge in [-0.3, -0.25) is 19.4 Å². The molecule has 144 valence electrons. The minimum atomic E-state index is -0.760. The van der Waals surface area contributed by atoms with Gasteiger partial charge in [0.15, 0.2) is 0 Å². The molecule has 0 aromatic rings. The molecule has 2 bridgehead atoms. The van der Waals surface area contributed by atoms with Crippen LogP contribution in [0.25, 0.3) is 0 Å². The van der Waals surface area contributed by atoms with Crippen molar-refractivity contribution in [2.75, 3.05) is 78.5 Å². The number of carboxylic acid groups (broad SMARTS) is 2. The average molecular weight is 356 g/mol. The number of hydrogen-bond acceptors (Lipinski definition) is 6. The largest absolute Gasteiger partial charge is 0.480 e. The summed E-state index contributed by atoms with van der Waals surface area (Å²) in [6, 6.07) is 0. The molecule has 0 aliphatic carbocycles. The van der Waals surface area contributed by atoms with Crippen LogP contribution in [0.1, 0.15) is 19.3 Å². The Morgan fingerprint density at radius 2 is 0.920 bits per heavy atom. The van der Waals surface area contributed by atoms with Crippen molar-refractivity contribution in [1.82, 2.24) is 19.6 Å². The number of fused-ring (bicyclic) bond motifs is 4. The maximum absolute atomic E-state index is 11.1. The predicted octanol–water partition coefficient (Wildman–Crippen LogP) is -0.439. The van der Waals surface area contributed by atoms with Gasteiger partial charge in [-0.05, 0) is 45.4 Å². The SMILES string of the molecule is O=C(O)CN1CCCN2CCCN(CCCN(CC(=O)O)CC2)CC1. The highest BCUT2D eigenvalue weighted by atomic mass is 16.4. The van der Waals surface area contributed by atoms with Crippen molar-refractivity contribution in [3.8, 4) is 0 Å². The van der Waals surface area contributed by atoms with E-state index in [4.69, 9.17) is 10.2 Å². The van der Waals surface area contributed by atoms with E-state index in [1.165, 1.54) is 0 Å². The smallest absolute Gasteiger partial charge is 0.317 e. The molecular formula is C17H32N4O4. The quantitative estimate of drug-likeness (QED) is 0.701. The highest BCUT2D eigenvalue weighted by Crippen LogP contribution is 2.07. The first-order valence-electron chi connectivity index (χ1n) is 9.36. The van der Waals surface area contributed by atoms with Gasteiger partial charge >= 0.3 is 11.9 Å². The van der Waals surface area contributed by atoms with Crippen molar-refractivity contribution in [2.24, 2.45) is 0 Å². The lowest BCUT2D eigenvalue weighted by Gasteiger charge is -2.28. The van der Waals surface area contributed by atoms with Gasteiger partial charge in [0.05, 0.1) is 13.1 Å². The molecule has 2 heterocycles. The molecule has 0 saturated carbocycles. The Morgan fingerprint density at radius 3 is 1.28 bits per heavy atom. The first-order valence-corrected chi connectivity index (χ1v) is 9.36. The van der Waals surface area contributed by atoms with Crippen LogP contribution >= 0.6 is 0 Å². The van der Waals surface area contributed by atoms with Gasteiger partial charge in [-0.2, -0.15) is 0 Å². The third-order valence-corrected chi connectivity index (χ3v) is 5.03. The normalized spacial score (nSPS) is 28.2. The molecule has 8 heteroatoms. The number of carboxylic acids is 2. The van der Waals surface area contributed by atoms with Crippen LogP contribution in [0.4, 0.5) is 0 Å². The van der Waals surface area contributed by atoms with Crippen LogP contribution in [0.5, 0.6) is 0 Å². The lowest BCUT2D eigenvalue weighted by molar-refractivity contribution is -0.139. The zero-order valence-electron chi connectivity index (χ0n) is 15.1. The number of carbonyl (C=O) groups is 2. The molecule has 2 aliphatic rings. The van der Waals surface area contributed by atoms with Crippen LogP contribution in [0.3, 0.4) is 0 Å². The third-order valence-electron chi connectivity index (χ3n) is 5.03. The highest BCUT2D eigenvalue weighted by molar-refractivity contribution is 5.69. The minimum absolute atomic E-state index is 0.111. The summed E-state index contributed by atoms with van der Waals surface area (Å²) >= 11 is 0. The molecule has 0 spiro atoms. The topological polar surface area (TPSA) is 87.6 Å². The van der Waals surface area contributed by atoms with E-state index < -0.39 is 11.9 Å². The molecule has 0 radical (unpaired) electrons. The van der Waals surface area contributed by atoms with Crippen molar-refractivity contribution < 1.29 is 19.8 Å². The standard InChI is InChI=1S/C17H32N4O4/c22-16(23)14-20-8-2-6-18-4-1-5-19(11-12-20)7-3-9-21(13-10-18)15-17(24)25/h1-15H2,(H,22,23)(H,24,25). The lowest BCUT2D eigenvalue weighted by Crippen LogP contribution is -2.41. The summed E-state index contributed by atoms with van der Waals surface area (Å²) in [6.45, 7) is 9.08. The second-order valence-corrected chi connectivity index (χ2v) is 7.08. The number of aliphatic carboxylic acids is 2. The van der Waals surface area contributed by atoms with Crippen LogP contribution in [0.2, 0.25) is 0 Å². The predicted molar refractivity (Wildman–Crippen MR) is 94.9 cm³/mol. The van der Waals surface area contributed by atoms with Crippen molar-refractivity contribution in [3.63, 3.8) is 0 Å². The van der Waals surface area contributed by atoms with Crippen LogP contribution in [0.15, 0.2) is 0 Å². The molecule has 2 aliphatic heterocycles. The molecule has 0 aromatic carbocycles. The zero-order valence-corrected chi connectivity index (χ0v) is 15.1. The van der Waals surface area contributed by atoms with Gasteiger partial charge in [0.1, 0.15) is 0 Å². The van der Waals surface area contributed by atoms with Crippen molar-refractivity contribution >= 4 is 11.9 Å². The Kier molecular flexibility index (Phi) is 8.60. The van der Waals surface area contributed by atoms with E-state index in [0.29, 0.717) is 0 Å². The summed E-state index contributed by atoms with van der Waals surface area (Å²) in [5.41, 5.74) is 0. The van der Waals surface area contributed by atoms with E-state index in [2.05, 4.69) is 9.80 Å². The Hall–Kier alpha value is -1.22. The molecule has 2 atom stereocenters. The molecule has 2 unspecified atom stereocenters. The fourth-order valence-electron chi connectivity index (χ4n) is 3.71. The first-order chi connectivity index (χ1) is 12.0. The molecule has 2 N–H and O–H groups in total. The molecule has 0 aromatic heterocycles. The zero-order chi connectivity index (χ0) is 18.1. The van der Waals surface area contributed by atoms with E-state index in [1.54, 1.807) is 0 Å². The Bertz CT molecular complexity index is 397. The summed E-state index contributed by atoms with van der Waals surface area (Å²) in [5, 5.41) is 18.2. The Balaban J connectivity index is 2.01. The molecule has 0 amide bonds. The monoisotopic (exact) mass is 356 g/mol. The van der Waals surface area contributed by atoms with Gasteiger partial charge in [0.2, 0.25) is 0 Å². The Morgan fingerprint density at radius 1 is 0.560 bits per heavy atom. The number of hydrogen-bond donors (Lipinski definition) is 2. The molecule has 2 saturated heterocycles. The average Bonchev–Trinajstić information content (AvgIpc) is 2.60. The lowest BCUT2D eigenvalue weighted by atomic mass is 10.3. The van der Waals surface area contributed by atoms with Crippen molar-refractivity contribution in [2.45, 2.75) is 19.3 Å². The summed E-state index contributed by atoms with van der Waals surface area (Å²) in [6.07, 6.45) is 3.01. The van der Waals surface area contributed by atoms with E-state index in [9.17, 15) is 9.59 Å². The fourth-order valence-corrected chi connectivity index (χ4v) is 3.71. The van der Waals surface area contributed by atoms with Crippen LogP contribution in [-0.2, 0) is 9.59 Å². The van der Waals surface area contributed by atoms with Crippen molar-refractivity contribution in [1.29, 1.82) is 0 Å². The molecular weight excluding hydrogens is 324 g/mol. The summed E-state index contributed by atoms with van der Waals surface area (Å²) in [5.74, 6) is -1.52. The maximum atomic E-state index is 11.1. The summed E-state index contributed by atoms with van der Waals surface area (Å²) in [4.78, 5) is 31.0. The van der Waals surface area contributed by atoms with Crippen LogP contribution in [0, 0.1) is 0 Å². The van der Waals surface area contributed by atoms with E-state index >= 15 is 0 Å².